The Kier molecular flexibility index (Phi) is 5.93. The third-order valence-electron chi connectivity index (χ3n) is 3.97. The van der Waals surface area contributed by atoms with Crippen LogP contribution in [-0.4, -0.2) is 39.3 Å². The zero-order chi connectivity index (χ0) is 20.3. The Morgan fingerprint density at radius 3 is 2.61 bits per heavy atom. The predicted molar refractivity (Wildman–Crippen MR) is 101 cm³/mol. The van der Waals surface area contributed by atoms with E-state index in [9.17, 15) is 14.0 Å². The second-order valence-corrected chi connectivity index (χ2v) is 6.84. The first kappa shape index (κ1) is 19.8. The molecule has 0 spiro atoms. The van der Waals surface area contributed by atoms with Gasteiger partial charge >= 0.3 is 5.97 Å². The normalized spacial score (nSPS) is 10.9. The van der Waals surface area contributed by atoms with Crippen LogP contribution in [0.3, 0.4) is 0 Å². The number of hydrogen-bond donors (Lipinski definition) is 1. The number of H-pyrrole nitrogens is 1. The SMILES string of the molecule is CCOC(=O)c1c(C)[nH]c(C)c1C(=O)CSc1nnc(-c2ccccc2F)o1. The van der Waals surface area contributed by atoms with E-state index in [4.69, 9.17) is 9.15 Å². The number of rotatable bonds is 7. The monoisotopic (exact) mass is 403 g/mol. The molecule has 2 heterocycles. The molecule has 0 fully saturated rings. The summed E-state index contributed by atoms with van der Waals surface area (Å²) in [6, 6.07) is 6.04. The van der Waals surface area contributed by atoms with E-state index >= 15 is 0 Å². The molecule has 7 nitrogen and oxygen atoms in total. The molecule has 0 saturated carbocycles. The summed E-state index contributed by atoms with van der Waals surface area (Å²) in [6.07, 6.45) is 0. The number of halogens is 1. The molecule has 146 valence electrons. The summed E-state index contributed by atoms with van der Waals surface area (Å²) in [5.74, 6) is -1.29. The van der Waals surface area contributed by atoms with Crippen LogP contribution in [0.2, 0.25) is 0 Å². The number of Topliss-reactive ketones (excluding diaryl/α,β-unsaturated/α-hetero) is 1. The Balaban J connectivity index is 1.75. The van der Waals surface area contributed by atoms with Crippen LogP contribution < -0.4 is 0 Å². The molecular formula is C19H18FN3O4S. The smallest absolute Gasteiger partial charge is 0.340 e. The van der Waals surface area contributed by atoms with Crippen LogP contribution in [0.1, 0.15) is 39.0 Å². The van der Waals surface area contributed by atoms with E-state index in [-0.39, 0.29) is 45.9 Å². The van der Waals surface area contributed by atoms with Crippen molar-refractivity contribution in [1.82, 2.24) is 15.2 Å². The van der Waals surface area contributed by atoms with Crippen molar-refractivity contribution in [3.05, 3.63) is 52.6 Å². The molecule has 0 atom stereocenters. The molecule has 3 rings (SSSR count). The lowest BCUT2D eigenvalue weighted by atomic mass is 10.1. The number of benzene rings is 1. The predicted octanol–water partition coefficient (Wildman–Crippen LogP) is 3.97. The minimum Gasteiger partial charge on any atom is -0.462 e. The molecule has 0 unspecified atom stereocenters. The lowest BCUT2D eigenvalue weighted by Crippen LogP contribution is -2.13. The van der Waals surface area contributed by atoms with Crippen molar-refractivity contribution in [2.24, 2.45) is 0 Å². The summed E-state index contributed by atoms with van der Waals surface area (Å²) in [5, 5.41) is 7.80. The van der Waals surface area contributed by atoms with Gasteiger partial charge in [-0.15, -0.1) is 10.2 Å². The van der Waals surface area contributed by atoms with Crippen LogP contribution in [0, 0.1) is 19.7 Å². The van der Waals surface area contributed by atoms with Gasteiger partial charge in [0.1, 0.15) is 5.82 Å². The first-order chi connectivity index (χ1) is 13.4. The van der Waals surface area contributed by atoms with Gasteiger partial charge in [-0.25, -0.2) is 9.18 Å². The van der Waals surface area contributed by atoms with Gasteiger partial charge in [0.15, 0.2) is 5.78 Å². The molecule has 1 aromatic carbocycles. The van der Waals surface area contributed by atoms with Gasteiger partial charge in [-0.3, -0.25) is 4.79 Å². The maximum Gasteiger partial charge on any atom is 0.340 e. The molecule has 0 radical (unpaired) electrons. The summed E-state index contributed by atoms with van der Waals surface area (Å²) in [5.41, 5.74) is 1.88. The molecule has 2 aromatic heterocycles. The number of aryl methyl sites for hydroxylation is 2. The first-order valence-corrected chi connectivity index (χ1v) is 9.51. The van der Waals surface area contributed by atoms with E-state index in [1.54, 1.807) is 32.9 Å². The fourth-order valence-electron chi connectivity index (χ4n) is 2.80. The van der Waals surface area contributed by atoms with E-state index < -0.39 is 11.8 Å². The summed E-state index contributed by atoms with van der Waals surface area (Å²) >= 11 is 1.02. The Hall–Kier alpha value is -2.94. The largest absolute Gasteiger partial charge is 0.462 e. The van der Waals surface area contributed by atoms with Crippen LogP contribution in [0.5, 0.6) is 0 Å². The quantitative estimate of drug-likeness (QED) is 0.362. The van der Waals surface area contributed by atoms with E-state index in [2.05, 4.69) is 15.2 Å². The molecular weight excluding hydrogens is 385 g/mol. The number of aromatic nitrogens is 3. The zero-order valence-electron chi connectivity index (χ0n) is 15.5. The van der Waals surface area contributed by atoms with Crippen LogP contribution in [-0.2, 0) is 4.74 Å². The second kappa shape index (κ2) is 8.39. The molecule has 0 aliphatic heterocycles. The van der Waals surface area contributed by atoms with Crippen LogP contribution in [0.15, 0.2) is 33.9 Å². The number of nitrogens with one attached hydrogen (secondary N) is 1. The summed E-state index contributed by atoms with van der Waals surface area (Å²) < 4.78 is 24.3. The molecule has 3 aromatic rings. The Labute approximate surface area is 164 Å². The average molecular weight is 403 g/mol. The fourth-order valence-corrected chi connectivity index (χ4v) is 3.43. The Morgan fingerprint density at radius 2 is 1.89 bits per heavy atom. The highest BCUT2D eigenvalue weighted by molar-refractivity contribution is 7.99. The highest BCUT2D eigenvalue weighted by Gasteiger charge is 2.25. The molecule has 0 aliphatic rings. The van der Waals surface area contributed by atoms with Gasteiger partial charge < -0.3 is 14.1 Å². The lowest BCUT2D eigenvalue weighted by Gasteiger charge is -2.05. The first-order valence-electron chi connectivity index (χ1n) is 8.53. The number of ketones is 1. The maximum absolute atomic E-state index is 13.8. The second-order valence-electron chi connectivity index (χ2n) is 5.91. The standard InChI is InChI=1S/C19H18FN3O4S/c1-4-26-18(25)16-11(3)21-10(2)15(16)14(24)9-28-19-23-22-17(27-19)12-7-5-6-8-13(12)20/h5-8,21H,4,9H2,1-3H3. The van der Waals surface area contributed by atoms with Crippen LogP contribution in [0.4, 0.5) is 4.39 Å². The average Bonchev–Trinajstić information content (AvgIpc) is 3.24. The fraction of sp³-hybridized carbons (Fsp3) is 0.263. The molecule has 0 saturated heterocycles. The third kappa shape index (κ3) is 3.99. The Bertz CT molecular complexity index is 1030. The molecule has 28 heavy (non-hydrogen) atoms. The molecule has 0 bridgehead atoms. The van der Waals surface area contributed by atoms with Crippen molar-refractivity contribution in [3.63, 3.8) is 0 Å². The minimum absolute atomic E-state index is 0.0244. The van der Waals surface area contributed by atoms with Gasteiger partial charge in [-0.1, -0.05) is 23.9 Å². The van der Waals surface area contributed by atoms with Gasteiger partial charge in [-0.05, 0) is 32.9 Å². The number of carbonyl (C=O) groups is 2. The molecule has 9 heteroatoms. The van der Waals surface area contributed by atoms with Gasteiger partial charge in [0.25, 0.3) is 11.1 Å². The Morgan fingerprint density at radius 1 is 1.18 bits per heavy atom. The van der Waals surface area contributed by atoms with E-state index in [1.165, 1.54) is 12.1 Å². The van der Waals surface area contributed by atoms with Gasteiger partial charge in [0.05, 0.1) is 29.1 Å². The molecule has 0 aliphatic carbocycles. The highest BCUT2D eigenvalue weighted by Crippen LogP contribution is 2.27. The van der Waals surface area contributed by atoms with E-state index in [0.717, 1.165) is 11.8 Å². The summed E-state index contributed by atoms with van der Waals surface area (Å²) in [7, 11) is 0. The van der Waals surface area contributed by atoms with Crippen molar-refractivity contribution < 1.29 is 23.1 Å². The van der Waals surface area contributed by atoms with E-state index in [0.29, 0.717) is 11.4 Å². The molecule has 1 N–H and O–H groups in total. The number of nitrogens with zero attached hydrogens (tertiary/aromatic N) is 2. The zero-order valence-corrected chi connectivity index (χ0v) is 16.4. The van der Waals surface area contributed by atoms with Crippen molar-refractivity contribution in [2.45, 2.75) is 26.0 Å². The number of aromatic amines is 1. The van der Waals surface area contributed by atoms with Gasteiger partial charge in [-0.2, -0.15) is 0 Å². The number of hydrogen-bond acceptors (Lipinski definition) is 7. The van der Waals surface area contributed by atoms with E-state index in [1.807, 2.05) is 0 Å². The number of carbonyl (C=O) groups excluding carboxylic acids is 2. The van der Waals surface area contributed by atoms with Crippen molar-refractivity contribution in [1.29, 1.82) is 0 Å². The van der Waals surface area contributed by atoms with Crippen molar-refractivity contribution in [3.8, 4) is 11.5 Å². The van der Waals surface area contributed by atoms with Crippen molar-refractivity contribution in [2.75, 3.05) is 12.4 Å². The maximum atomic E-state index is 13.8. The summed E-state index contributed by atoms with van der Waals surface area (Å²) in [4.78, 5) is 27.9. The third-order valence-corrected chi connectivity index (χ3v) is 4.79. The summed E-state index contributed by atoms with van der Waals surface area (Å²) in [6.45, 7) is 5.34. The highest BCUT2D eigenvalue weighted by atomic mass is 32.2. The number of thioether (sulfide) groups is 1. The molecule has 0 amide bonds. The van der Waals surface area contributed by atoms with Crippen molar-refractivity contribution >= 4 is 23.5 Å². The van der Waals surface area contributed by atoms with Crippen LogP contribution >= 0.6 is 11.8 Å². The number of ether oxygens (including phenoxy) is 1. The number of esters is 1. The van der Waals surface area contributed by atoms with Gasteiger partial charge in [0, 0.05) is 11.4 Å². The lowest BCUT2D eigenvalue weighted by molar-refractivity contribution is 0.0522. The van der Waals surface area contributed by atoms with Crippen LogP contribution in [0.25, 0.3) is 11.5 Å². The minimum atomic E-state index is -0.544. The van der Waals surface area contributed by atoms with Gasteiger partial charge in [0.2, 0.25) is 0 Å². The topological polar surface area (TPSA) is 98.1 Å².